The number of carbonyl (C=O) groups excluding carboxylic acids is 2. The molecule has 0 aromatic heterocycles. The summed E-state index contributed by atoms with van der Waals surface area (Å²) in [4.78, 5) is 28.7. The highest BCUT2D eigenvalue weighted by atomic mass is 19.4. The van der Waals surface area contributed by atoms with Gasteiger partial charge >= 0.3 is 24.3 Å². The maximum absolute atomic E-state index is 14.6. The average Bonchev–Trinajstić information content (AvgIpc) is 2.97. The van der Waals surface area contributed by atoms with E-state index >= 15 is 0 Å². The van der Waals surface area contributed by atoms with Gasteiger partial charge in [0.15, 0.2) is 0 Å². The van der Waals surface area contributed by atoms with Gasteiger partial charge in [-0.2, -0.15) is 26.3 Å². The van der Waals surface area contributed by atoms with E-state index in [2.05, 4.69) is 0 Å². The molecule has 0 atom stereocenters. The van der Waals surface area contributed by atoms with Crippen LogP contribution in [-0.4, -0.2) is 52.5 Å². The predicted molar refractivity (Wildman–Crippen MR) is 157 cm³/mol. The van der Waals surface area contributed by atoms with Crippen molar-refractivity contribution in [3.05, 3.63) is 119 Å². The second-order valence-electron chi connectivity index (χ2n) is 10.5. The van der Waals surface area contributed by atoms with Crippen LogP contribution in [0.25, 0.3) is 0 Å². The SMILES string of the molecule is CN(C)c1cccc(C(=O)Oc2ccc(C(c3ccc(OC(=O)c4cccc(N(C)C)c4)cc3)(C(F)(F)F)C(F)(F)F)cc2)c1. The number of rotatable bonds is 8. The van der Waals surface area contributed by atoms with E-state index in [9.17, 15) is 35.9 Å². The number of benzene rings is 4. The Balaban J connectivity index is 1.65. The van der Waals surface area contributed by atoms with Gasteiger partial charge in [0, 0.05) is 39.6 Å². The zero-order valence-electron chi connectivity index (χ0n) is 24.5. The molecule has 45 heavy (non-hydrogen) atoms. The molecule has 0 radical (unpaired) electrons. The molecule has 0 saturated carbocycles. The van der Waals surface area contributed by atoms with Crippen molar-refractivity contribution in [2.75, 3.05) is 38.0 Å². The van der Waals surface area contributed by atoms with E-state index < -0.39 is 40.8 Å². The second kappa shape index (κ2) is 12.5. The molecule has 4 rings (SSSR count). The molecule has 0 heterocycles. The molecule has 0 unspecified atom stereocenters. The standard InChI is InChI=1S/C33H28F6N2O4/c1-40(2)25-9-5-7-21(19-25)29(42)44-27-15-11-23(12-16-27)31(32(34,35)36,33(37,38)39)24-13-17-28(18-14-24)45-30(43)22-8-6-10-26(20-22)41(3)4/h5-20H,1-4H3. The van der Waals surface area contributed by atoms with Gasteiger partial charge in [0.25, 0.3) is 0 Å². The number of esters is 2. The highest BCUT2D eigenvalue weighted by Gasteiger charge is 2.72. The third-order valence-electron chi connectivity index (χ3n) is 7.04. The summed E-state index contributed by atoms with van der Waals surface area (Å²) in [5.74, 6) is -2.19. The van der Waals surface area contributed by atoms with Crippen molar-refractivity contribution in [2.24, 2.45) is 0 Å². The molecule has 4 aromatic rings. The van der Waals surface area contributed by atoms with Gasteiger partial charge in [-0.1, -0.05) is 36.4 Å². The van der Waals surface area contributed by atoms with Crippen LogP contribution in [0, 0.1) is 0 Å². The molecular formula is C33H28F6N2O4. The summed E-state index contributed by atoms with van der Waals surface area (Å²) < 4.78 is 98.1. The Bertz CT molecular complexity index is 1540. The first-order valence-corrected chi connectivity index (χ1v) is 13.4. The summed E-state index contributed by atoms with van der Waals surface area (Å²) in [6.45, 7) is 0. The minimum Gasteiger partial charge on any atom is -0.423 e. The summed E-state index contributed by atoms with van der Waals surface area (Å²) in [5, 5.41) is 0. The Morgan fingerprint density at radius 3 is 1.16 bits per heavy atom. The molecule has 12 heteroatoms. The van der Waals surface area contributed by atoms with Crippen molar-refractivity contribution in [1.82, 2.24) is 0 Å². The third kappa shape index (κ3) is 6.74. The molecule has 0 aliphatic rings. The smallest absolute Gasteiger partial charge is 0.411 e. The summed E-state index contributed by atoms with van der Waals surface area (Å²) in [5.41, 5.74) is -5.12. The zero-order chi connectivity index (χ0) is 33.2. The number of alkyl halides is 6. The third-order valence-corrected chi connectivity index (χ3v) is 7.04. The van der Waals surface area contributed by atoms with Crippen molar-refractivity contribution in [3.63, 3.8) is 0 Å². The van der Waals surface area contributed by atoms with Gasteiger partial charge < -0.3 is 19.3 Å². The van der Waals surface area contributed by atoms with Crippen LogP contribution in [0.5, 0.6) is 11.5 Å². The second-order valence-corrected chi connectivity index (χ2v) is 10.5. The summed E-state index contributed by atoms with van der Waals surface area (Å²) >= 11 is 0. The molecule has 4 aromatic carbocycles. The lowest BCUT2D eigenvalue weighted by molar-refractivity contribution is -0.288. The summed E-state index contributed by atoms with van der Waals surface area (Å²) in [6.07, 6.45) is -11.7. The zero-order valence-corrected chi connectivity index (χ0v) is 24.5. The fourth-order valence-electron chi connectivity index (χ4n) is 4.68. The Hall–Kier alpha value is -5.00. The first-order valence-electron chi connectivity index (χ1n) is 13.4. The van der Waals surface area contributed by atoms with Crippen molar-refractivity contribution >= 4 is 23.3 Å². The van der Waals surface area contributed by atoms with Gasteiger partial charge in [-0.25, -0.2) is 9.59 Å². The van der Waals surface area contributed by atoms with E-state index in [1.807, 2.05) is 0 Å². The number of ether oxygens (including phenoxy) is 2. The number of carbonyl (C=O) groups is 2. The van der Waals surface area contributed by atoms with E-state index in [1.54, 1.807) is 62.3 Å². The maximum Gasteiger partial charge on any atom is 0.411 e. The minimum atomic E-state index is -5.85. The average molecular weight is 631 g/mol. The van der Waals surface area contributed by atoms with Crippen LogP contribution in [0.3, 0.4) is 0 Å². The maximum atomic E-state index is 14.6. The molecule has 0 spiro atoms. The molecule has 0 aliphatic carbocycles. The lowest BCUT2D eigenvalue weighted by Gasteiger charge is -2.38. The quantitative estimate of drug-likeness (QED) is 0.113. The van der Waals surface area contributed by atoms with Crippen LogP contribution in [0.1, 0.15) is 31.8 Å². The summed E-state index contributed by atoms with van der Waals surface area (Å²) in [6, 6.07) is 18.6. The monoisotopic (exact) mass is 630 g/mol. The van der Waals surface area contributed by atoms with E-state index in [0.717, 1.165) is 24.3 Å². The molecule has 0 N–H and O–H groups in total. The van der Waals surface area contributed by atoms with Crippen LogP contribution in [0.2, 0.25) is 0 Å². The first kappa shape index (κ1) is 32.9. The number of nitrogens with zero attached hydrogens (tertiary/aromatic N) is 2. The molecular weight excluding hydrogens is 602 g/mol. The molecule has 236 valence electrons. The molecule has 0 bridgehead atoms. The lowest BCUT2D eigenvalue weighted by atomic mass is 9.73. The lowest BCUT2D eigenvalue weighted by Crippen LogP contribution is -2.54. The Labute approximate surface area is 255 Å². The van der Waals surface area contributed by atoms with Crippen LogP contribution in [-0.2, 0) is 5.41 Å². The fraction of sp³-hybridized carbons (Fsp3) is 0.212. The Kier molecular flexibility index (Phi) is 9.17. The fourth-order valence-corrected chi connectivity index (χ4v) is 4.68. The van der Waals surface area contributed by atoms with Gasteiger partial charge in [-0.05, 0) is 71.8 Å². The van der Waals surface area contributed by atoms with Gasteiger partial charge in [0.2, 0.25) is 5.41 Å². The van der Waals surface area contributed by atoms with Crippen molar-refractivity contribution < 1.29 is 45.4 Å². The highest BCUT2D eigenvalue weighted by Crippen LogP contribution is 2.56. The van der Waals surface area contributed by atoms with Crippen LogP contribution in [0.4, 0.5) is 37.7 Å². The van der Waals surface area contributed by atoms with Crippen molar-refractivity contribution in [3.8, 4) is 11.5 Å². The van der Waals surface area contributed by atoms with Crippen molar-refractivity contribution in [1.29, 1.82) is 0 Å². The number of hydrogen-bond donors (Lipinski definition) is 0. The van der Waals surface area contributed by atoms with E-state index in [4.69, 9.17) is 9.47 Å². The van der Waals surface area contributed by atoms with Crippen LogP contribution >= 0.6 is 0 Å². The van der Waals surface area contributed by atoms with Gasteiger partial charge in [0.05, 0.1) is 11.1 Å². The van der Waals surface area contributed by atoms with Crippen molar-refractivity contribution in [2.45, 2.75) is 17.8 Å². The largest absolute Gasteiger partial charge is 0.423 e. The van der Waals surface area contributed by atoms with E-state index in [1.165, 1.54) is 24.3 Å². The predicted octanol–water partition coefficient (Wildman–Crippen LogP) is 7.67. The van der Waals surface area contributed by atoms with Gasteiger partial charge in [-0.15, -0.1) is 0 Å². The van der Waals surface area contributed by atoms with Gasteiger partial charge in [-0.3, -0.25) is 0 Å². The number of hydrogen-bond acceptors (Lipinski definition) is 6. The molecule has 0 aliphatic heterocycles. The molecule has 0 fully saturated rings. The molecule has 6 nitrogen and oxygen atoms in total. The number of anilines is 2. The van der Waals surface area contributed by atoms with E-state index in [0.29, 0.717) is 35.6 Å². The van der Waals surface area contributed by atoms with E-state index in [-0.39, 0.29) is 22.6 Å². The Morgan fingerprint density at radius 2 is 0.867 bits per heavy atom. The first-order chi connectivity index (χ1) is 21.0. The normalized spacial score (nSPS) is 12.0. The highest BCUT2D eigenvalue weighted by molar-refractivity contribution is 5.92. The van der Waals surface area contributed by atoms with Gasteiger partial charge in [0.1, 0.15) is 11.5 Å². The minimum absolute atomic E-state index is 0.136. The number of halogens is 6. The summed E-state index contributed by atoms with van der Waals surface area (Å²) in [7, 11) is 7.01. The molecule has 0 amide bonds. The topological polar surface area (TPSA) is 59.1 Å². The van der Waals surface area contributed by atoms with Crippen LogP contribution < -0.4 is 19.3 Å². The Morgan fingerprint density at radius 1 is 0.533 bits per heavy atom. The van der Waals surface area contributed by atoms with Crippen LogP contribution in [0.15, 0.2) is 97.1 Å². The molecule has 0 saturated heterocycles.